The maximum atomic E-state index is 12.0. The number of amides is 1. The molecule has 1 heterocycles. The zero-order chi connectivity index (χ0) is 12.6. The largest absolute Gasteiger partial charge is 0.349 e. The molecule has 3 heteroatoms. The van der Waals surface area contributed by atoms with Crippen LogP contribution in [0.2, 0.25) is 0 Å². The van der Waals surface area contributed by atoms with Gasteiger partial charge in [-0.1, -0.05) is 12.1 Å². The fourth-order valence-corrected chi connectivity index (χ4v) is 2.06. The van der Waals surface area contributed by atoms with Gasteiger partial charge in [0.15, 0.2) is 0 Å². The summed E-state index contributed by atoms with van der Waals surface area (Å²) in [5.74, 6) is -0.0156. The number of fused-ring (bicyclic) bond motifs is 1. The zero-order valence-electron chi connectivity index (χ0n) is 10.7. The zero-order valence-corrected chi connectivity index (χ0v) is 10.7. The molecule has 17 heavy (non-hydrogen) atoms. The molecule has 0 unspecified atom stereocenters. The summed E-state index contributed by atoms with van der Waals surface area (Å²) >= 11 is 0. The van der Waals surface area contributed by atoms with E-state index < -0.39 is 0 Å². The lowest BCUT2D eigenvalue weighted by Crippen LogP contribution is -2.31. The highest BCUT2D eigenvalue weighted by atomic mass is 16.2. The molecule has 0 saturated heterocycles. The van der Waals surface area contributed by atoms with Crippen molar-refractivity contribution < 1.29 is 4.79 Å². The Morgan fingerprint density at radius 3 is 2.65 bits per heavy atom. The minimum atomic E-state index is -0.0156. The van der Waals surface area contributed by atoms with E-state index in [2.05, 4.69) is 18.3 Å². The highest BCUT2D eigenvalue weighted by Crippen LogP contribution is 2.21. The molecule has 0 spiro atoms. The molecule has 0 saturated carbocycles. The summed E-state index contributed by atoms with van der Waals surface area (Å²) in [6.45, 7) is 5.99. The maximum absolute atomic E-state index is 12.0. The third-order valence-corrected chi connectivity index (χ3v) is 2.96. The summed E-state index contributed by atoms with van der Waals surface area (Å²) in [5.41, 5.74) is 3.00. The Morgan fingerprint density at radius 2 is 2.06 bits per heavy atom. The minimum Gasteiger partial charge on any atom is -0.349 e. The molecule has 2 rings (SSSR count). The van der Waals surface area contributed by atoms with Crippen LogP contribution in [0.5, 0.6) is 0 Å². The first-order valence-corrected chi connectivity index (χ1v) is 5.86. The molecule has 0 radical (unpaired) electrons. The predicted octanol–water partition coefficient (Wildman–Crippen LogP) is 2.62. The second-order valence-electron chi connectivity index (χ2n) is 4.72. The van der Waals surface area contributed by atoms with Gasteiger partial charge >= 0.3 is 0 Å². The Labute approximate surface area is 101 Å². The van der Waals surface area contributed by atoms with Gasteiger partial charge in [0.2, 0.25) is 0 Å². The molecule has 0 aliphatic rings. The van der Waals surface area contributed by atoms with Crippen molar-refractivity contribution in [3.05, 3.63) is 35.5 Å². The summed E-state index contributed by atoms with van der Waals surface area (Å²) in [7, 11) is 1.93. The lowest BCUT2D eigenvalue weighted by molar-refractivity contribution is 0.0935. The van der Waals surface area contributed by atoms with Crippen molar-refractivity contribution in [2.24, 2.45) is 7.05 Å². The van der Waals surface area contributed by atoms with Crippen LogP contribution in [0.4, 0.5) is 0 Å². The number of benzene rings is 1. The van der Waals surface area contributed by atoms with Crippen LogP contribution in [0.1, 0.15) is 29.9 Å². The first kappa shape index (κ1) is 11.7. The number of aromatic nitrogens is 1. The third kappa shape index (κ3) is 2.05. The molecular formula is C14H18N2O. The summed E-state index contributed by atoms with van der Waals surface area (Å²) in [5, 5.41) is 4.06. The van der Waals surface area contributed by atoms with Crippen LogP contribution in [-0.2, 0) is 7.05 Å². The summed E-state index contributed by atoms with van der Waals surface area (Å²) < 4.78 is 1.94. The molecule has 0 atom stereocenters. The van der Waals surface area contributed by atoms with Crippen molar-refractivity contribution in [1.82, 2.24) is 9.88 Å². The number of carbonyl (C=O) groups excluding carboxylic acids is 1. The van der Waals surface area contributed by atoms with Gasteiger partial charge in [0.25, 0.3) is 5.91 Å². The van der Waals surface area contributed by atoms with Crippen LogP contribution in [-0.4, -0.2) is 16.5 Å². The van der Waals surface area contributed by atoms with Crippen molar-refractivity contribution in [2.45, 2.75) is 26.8 Å². The van der Waals surface area contributed by atoms with Crippen molar-refractivity contribution in [1.29, 1.82) is 0 Å². The number of nitrogens with zero attached hydrogens (tertiary/aromatic N) is 1. The molecular weight excluding hydrogens is 212 g/mol. The molecule has 90 valence electrons. The van der Waals surface area contributed by atoms with Crippen LogP contribution < -0.4 is 5.32 Å². The Hall–Kier alpha value is -1.77. The Kier molecular flexibility index (Phi) is 2.92. The number of aryl methyl sites for hydroxylation is 2. The van der Waals surface area contributed by atoms with Gasteiger partial charge < -0.3 is 9.88 Å². The molecule has 1 amide bonds. The van der Waals surface area contributed by atoms with Gasteiger partial charge in [-0.2, -0.15) is 0 Å². The van der Waals surface area contributed by atoms with E-state index in [0.29, 0.717) is 5.69 Å². The Morgan fingerprint density at radius 1 is 1.35 bits per heavy atom. The van der Waals surface area contributed by atoms with Crippen LogP contribution in [0.3, 0.4) is 0 Å². The van der Waals surface area contributed by atoms with Gasteiger partial charge in [0.05, 0.1) is 0 Å². The van der Waals surface area contributed by atoms with E-state index >= 15 is 0 Å². The normalized spacial score (nSPS) is 11.1. The Bertz CT molecular complexity index is 567. The van der Waals surface area contributed by atoms with E-state index in [0.717, 1.165) is 10.9 Å². The summed E-state index contributed by atoms with van der Waals surface area (Å²) in [6, 6.07) is 8.23. The quantitative estimate of drug-likeness (QED) is 0.845. The highest BCUT2D eigenvalue weighted by molar-refractivity contribution is 5.99. The monoisotopic (exact) mass is 230 g/mol. The van der Waals surface area contributed by atoms with Crippen LogP contribution in [0, 0.1) is 6.92 Å². The van der Waals surface area contributed by atoms with Crippen molar-refractivity contribution >= 4 is 16.8 Å². The lowest BCUT2D eigenvalue weighted by atomic mass is 10.1. The standard InChI is InChI=1S/C14H18N2O/c1-9(2)15-14(17)13-8-11-10(3)6-5-7-12(11)16(13)4/h5-9H,1-4H3,(H,15,17). The first-order valence-electron chi connectivity index (χ1n) is 5.86. The number of nitrogens with one attached hydrogen (secondary N) is 1. The van der Waals surface area contributed by atoms with Gasteiger partial charge in [-0.05, 0) is 38.5 Å². The number of hydrogen-bond acceptors (Lipinski definition) is 1. The van der Waals surface area contributed by atoms with E-state index in [1.165, 1.54) is 5.56 Å². The molecule has 1 aromatic carbocycles. The molecule has 0 fully saturated rings. The SMILES string of the molecule is Cc1cccc2c1cc(C(=O)NC(C)C)n2C. The maximum Gasteiger partial charge on any atom is 0.268 e. The Balaban J connectivity index is 2.52. The van der Waals surface area contributed by atoms with Crippen molar-refractivity contribution in [2.75, 3.05) is 0 Å². The first-order chi connectivity index (χ1) is 8.00. The molecule has 1 N–H and O–H groups in total. The van der Waals surface area contributed by atoms with Gasteiger partial charge in [0, 0.05) is 24.0 Å². The molecule has 2 aromatic rings. The molecule has 1 aromatic heterocycles. The average molecular weight is 230 g/mol. The van der Waals surface area contributed by atoms with E-state index in [9.17, 15) is 4.79 Å². The predicted molar refractivity (Wildman–Crippen MR) is 70.3 cm³/mol. The van der Waals surface area contributed by atoms with E-state index in [-0.39, 0.29) is 11.9 Å². The topological polar surface area (TPSA) is 34.0 Å². The number of rotatable bonds is 2. The van der Waals surface area contributed by atoms with E-state index in [1.54, 1.807) is 0 Å². The van der Waals surface area contributed by atoms with Crippen molar-refractivity contribution in [3.8, 4) is 0 Å². The molecule has 0 bridgehead atoms. The van der Waals surface area contributed by atoms with Crippen LogP contribution in [0.25, 0.3) is 10.9 Å². The minimum absolute atomic E-state index is 0.0156. The van der Waals surface area contributed by atoms with Crippen LogP contribution in [0.15, 0.2) is 24.3 Å². The fraction of sp³-hybridized carbons (Fsp3) is 0.357. The van der Waals surface area contributed by atoms with Gasteiger partial charge in [-0.15, -0.1) is 0 Å². The summed E-state index contributed by atoms with van der Waals surface area (Å²) in [4.78, 5) is 12.0. The third-order valence-electron chi connectivity index (χ3n) is 2.96. The lowest BCUT2D eigenvalue weighted by Gasteiger charge is -2.08. The average Bonchev–Trinajstić information content (AvgIpc) is 2.57. The van der Waals surface area contributed by atoms with Gasteiger partial charge in [-0.25, -0.2) is 0 Å². The summed E-state index contributed by atoms with van der Waals surface area (Å²) in [6.07, 6.45) is 0. The van der Waals surface area contributed by atoms with Crippen molar-refractivity contribution in [3.63, 3.8) is 0 Å². The highest BCUT2D eigenvalue weighted by Gasteiger charge is 2.14. The van der Waals surface area contributed by atoms with E-state index in [1.807, 2.05) is 43.7 Å². The van der Waals surface area contributed by atoms with Gasteiger partial charge in [-0.3, -0.25) is 4.79 Å². The molecule has 0 aliphatic carbocycles. The molecule has 0 aliphatic heterocycles. The molecule has 3 nitrogen and oxygen atoms in total. The second-order valence-corrected chi connectivity index (χ2v) is 4.72. The van der Waals surface area contributed by atoms with Crippen LogP contribution >= 0.6 is 0 Å². The fourth-order valence-electron chi connectivity index (χ4n) is 2.06. The van der Waals surface area contributed by atoms with E-state index in [4.69, 9.17) is 0 Å². The number of hydrogen-bond donors (Lipinski definition) is 1. The van der Waals surface area contributed by atoms with Gasteiger partial charge in [0.1, 0.15) is 5.69 Å². The second kappa shape index (κ2) is 4.24. The smallest absolute Gasteiger partial charge is 0.268 e. The number of carbonyl (C=O) groups is 1.